The first-order valence-electron chi connectivity index (χ1n) is 7.43. The van der Waals surface area contributed by atoms with Crippen LogP contribution in [0, 0.1) is 6.92 Å². The molecule has 0 aromatic carbocycles. The number of anilines is 1. The van der Waals surface area contributed by atoms with Crippen LogP contribution in [0.2, 0.25) is 0 Å². The Labute approximate surface area is 124 Å². The van der Waals surface area contributed by atoms with Gasteiger partial charge in [-0.2, -0.15) is 5.10 Å². The van der Waals surface area contributed by atoms with Crippen LogP contribution in [0.1, 0.15) is 18.7 Å². The van der Waals surface area contributed by atoms with Crippen molar-refractivity contribution in [1.29, 1.82) is 0 Å². The lowest BCUT2D eigenvalue weighted by atomic mass is 10.0. The van der Waals surface area contributed by atoms with E-state index in [0.29, 0.717) is 6.04 Å². The van der Waals surface area contributed by atoms with Crippen LogP contribution in [0.15, 0.2) is 18.9 Å². The zero-order valence-corrected chi connectivity index (χ0v) is 12.7. The summed E-state index contributed by atoms with van der Waals surface area (Å²) in [7, 11) is 1.91. The second kappa shape index (κ2) is 5.81. The van der Waals surface area contributed by atoms with Crippen LogP contribution in [0.5, 0.6) is 0 Å². The van der Waals surface area contributed by atoms with Crippen LogP contribution in [-0.4, -0.2) is 50.3 Å². The maximum Gasteiger partial charge on any atom is 0.163 e. The normalized spacial score (nSPS) is 17.2. The Morgan fingerprint density at radius 1 is 1.38 bits per heavy atom. The van der Waals surface area contributed by atoms with Crippen LogP contribution < -0.4 is 5.32 Å². The zero-order valence-electron chi connectivity index (χ0n) is 12.7. The number of rotatable bonds is 4. The predicted octanol–water partition coefficient (Wildman–Crippen LogP) is 1.73. The number of nitrogens with zero attached hydrogens (tertiary/aromatic N) is 5. The Morgan fingerprint density at radius 2 is 2.14 bits per heavy atom. The number of aromatic nitrogens is 4. The maximum atomic E-state index is 4.56. The highest BCUT2D eigenvalue weighted by molar-refractivity contribution is 5.86. The van der Waals surface area contributed by atoms with Gasteiger partial charge in [-0.1, -0.05) is 6.08 Å². The first-order valence-corrected chi connectivity index (χ1v) is 7.43. The first kappa shape index (κ1) is 14.0. The Morgan fingerprint density at radius 3 is 2.86 bits per heavy atom. The number of hydrogen-bond donors (Lipinski definition) is 1. The molecule has 0 saturated carbocycles. The summed E-state index contributed by atoms with van der Waals surface area (Å²) < 4.78 is 1.79. The van der Waals surface area contributed by atoms with Gasteiger partial charge in [-0.15, -0.1) is 6.58 Å². The van der Waals surface area contributed by atoms with Crippen molar-refractivity contribution in [3.8, 4) is 0 Å². The summed E-state index contributed by atoms with van der Waals surface area (Å²) in [5, 5.41) is 8.86. The molecule has 1 aliphatic heterocycles. The number of nitrogens with one attached hydrogen (secondary N) is 1. The van der Waals surface area contributed by atoms with E-state index in [4.69, 9.17) is 0 Å². The molecular formula is C15H22N6. The molecule has 1 N–H and O–H groups in total. The van der Waals surface area contributed by atoms with Crippen molar-refractivity contribution in [3.05, 3.63) is 24.7 Å². The van der Waals surface area contributed by atoms with E-state index >= 15 is 0 Å². The largest absolute Gasteiger partial charge is 0.367 e. The SMILES string of the molecule is C=CCN1CCC(Nc2nc(C)nc3c2cnn3C)CC1. The number of fused-ring (bicyclic) bond motifs is 1. The Hall–Kier alpha value is -1.95. The average Bonchev–Trinajstić information content (AvgIpc) is 2.83. The highest BCUT2D eigenvalue weighted by Gasteiger charge is 2.20. The number of aryl methyl sites for hydroxylation is 2. The van der Waals surface area contributed by atoms with Crippen LogP contribution in [0.3, 0.4) is 0 Å². The molecule has 21 heavy (non-hydrogen) atoms. The summed E-state index contributed by atoms with van der Waals surface area (Å²) >= 11 is 0. The molecule has 0 spiro atoms. The summed E-state index contributed by atoms with van der Waals surface area (Å²) in [4.78, 5) is 11.4. The first-order chi connectivity index (χ1) is 10.2. The molecular weight excluding hydrogens is 264 g/mol. The predicted molar refractivity (Wildman–Crippen MR) is 84.3 cm³/mol. The van der Waals surface area contributed by atoms with E-state index in [2.05, 4.69) is 31.9 Å². The van der Waals surface area contributed by atoms with Crippen LogP contribution in [0.4, 0.5) is 5.82 Å². The van der Waals surface area contributed by atoms with E-state index < -0.39 is 0 Å². The third-order valence-corrected chi connectivity index (χ3v) is 4.02. The highest BCUT2D eigenvalue weighted by Crippen LogP contribution is 2.22. The van der Waals surface area contributed by atoms with Gasteiger partial charge < -0.3 is 5.32 Å². The Kier molecular flexibility index (Phi) is 3.88. The molecule has 0 bridgehead atoms. The van der Waals surface area contributed by atoms with E-state index in [0.717, 1.165) is 55.2 Å². The average molecular weight is 286 g/mol. The number of hydrogen-bond acceptors (Lipinski definition) is 5. The molecule has 0 radical (unpaired) electrons. The van der Waals surface area contributed by atoms with Gasteiger partial charge >= 0.3 is 0 Å². The number of piperidine rings is 1. The van der Waals surface area contributed by atoms with Crippen LogP contribution in [-0.2, 0) is 7.05 Å². The van der Waals surface area contributed by atoms with Crippen LogP contribution >= 0.6 is 0 Å². The standard InChI is InChI=1S/C15H22N6/c1-4-7-21-8-5-12(6-9-21)19-14-13-10-16-20(3)15(13)18-11(2)17-14/h4,10,12H,1,5-9H2,2-3H3,(H,17,18,19). The van der Waals surface area contributed by atoms with Crippen molar-refractivity contribution in [1.82, 2.24) is 24.6 Å². The molecule has 0 amide bonds. The lowest BCUT2D eigenvalue weighted by molar-refractivity contribution is 0.240. The van der Waals surface area contributed by atoms with Gasteiger partial charge in [0.25, 0.3) is 0 Å². The number of likely N-dealkylation sites (tertiary alicyclic amines) is 1. The van der Waals surface area contributed by atoms with Gasteiger partial charge in [-0.05, 0) is 19.8 Å². The molecule has 0 atom stereocenters. The summed E-state index contributed by atoms with van der Waals surface area (Å²) in [6, 6.07) is 0.462. The molecule has 3 heterocycles. The van der Waals surface area contributed by atoms with Gasteiger partial charge in [0.05, 0.1) is 11.6 Å². The van der Waals surface area contributed by atoms with E-state index in [-0.39, 0.29) is 0 Å². The molecule has 3 rings (SSSR count). The minimum Gasteiger partial charge on any atom is -0.367 e. The van der Waals surface area contributed by atoms with Crippen LogP contribution in [0.25, 0.3) is 11.0 Å². The fourth-order valence-electron chi connectivity index (χ4n) is 2.88. The van der Waals surface area contributed by atoms with E-state index in [9.17, 15) is 0 Å². The fourth-order valence-corrected chi connectivity index (χ4v) is 2.88. The molecule has 1 aliphatic rings. The van der Waals surface area contributed by atoms with Crippen molar-refractivity contribution < 1.29 is 0 Å². The van der Waals surface area contributed by atoms with Gasteiger partial charge in [0, 0.05) is 32.7 Å². The molecule has 2 aromatic heterocycles. The van der Waals surface area contributed by atoms with Gasteiger partial charge in [-0.25, -0.2) is 9.97 Å². The molecule has 0 unspecified atom stereocenters. The zero-order chi connectivity index (χ0) is 14.8. The highest BCUT2D eigenvalue weighted by atomic mass is 15.3. The maximum absolute atomic E-state index is 4.56. The topological polar surface area (TPSA) is 58.9 Å². The quantitative estimate of drug-likeness (QED) is 0.868. The second-order valence-electron chi connectivity index (χ2n) is 5.63. The lowest BCUT2D eigenvalue weighted by Gasteiger charge is -2.31. The summed E-state index contributed by atoms with van der Waals surface area (Å²) in [5.74, 6) is 1.69. The van der Waals surface area contributed by atoms with E-state index in [1.165, 1.54) is 0 Å². The summed E-state index contributed by atoms with van der Waals surface area (Å²) in [6.07, 6.45) is 6.06. The van der Waals surface area contributed by atoms with Crippen molar-refractivity contribution in [2.45, 2.75) is 25.8 Å². The molecule has 1 saturated heterocycles. The van der Waals surface area contributed by atoms with Crippen molar-refractivity contribution >= 4 is 16.9 Å². The van der Waals surface area contributed by atoms with Gasteiger partial charge in [0.1, 0.15) is 11.6 Å². The molecule has 6 nitrogen and oxygen atoms in total. The second-order valence-corrected chi connectivity index (χ2v) is 5.63. The van der Waals surface area contributed by atoms with E-state index in [1.807, 2.05) is 26.2 Å². The van der Waals surface area contributed by atoms with Gasteiger partial charge in [-0.3, -0.25) is 9.58 Å². The molecule has 6 heteroatoms. The summed E-state index contributed by atoms with van der Waals surface area (Å²) in [5.41, 5.74) is 0.883. The minimum absolute atomic E-state index is 0.462. The van der Waals surface area contributed by atoms with Gasteiger partial charge in [0.15, 0.2) is 5.65 Å². The van der Waals surface area contributed by atoms with Crippen molar-refractivity contribution in [2.24, 2.45) is 7.05 Å². The Balaban J connectivity index is 1.75. The third kappa shape index (κ3) is 2.90. The fraction of sp³-hybridized carbons (Fsp3) is 0.533. The third-order valence-electron chi connectivity index (χ3n) is 4.02. The Bertz CT molecular complexity index is 639. The van der Waals surface area contributed by atoms with Gasteiger partial charge in [0.2, 0.25) is 0 Å². The lowest BCUT2D eigenvalue weighted by Crippen LogP contribution is -2.39. The van der Waals surface area contributed by atoms with Crippen molar-refractivity contribution in [3.63, 3.8) is 0 Å². The summed E-state index contributed by atoms with van der Waals surface area (Å²) in [6.45, 7) is 8.91. The smallest absolute Gasteiger partial charge is 0.163 e. The molecule has 1 fully saturated rings. The molecule has 0 aliphatic carbocycles. The van der Waals surface area contributed by atoms with Crippen molar-refractivity contribution in [2.75, 3.05) is 25.0 Å². The van der Waals surface area contributed by atoms with E-state index in [1.54, 1.807) is 4.68 Å². The molecule has 2 aromatic rings. The minimum atomic E-state index is 0.462. The monoisotopic (exact) mass is 286 g/mol. The molecule has 112 valence electrons.